The first kappa shape index (κ1) is 15.4. The number of anilines is 1. The van der Waals surface area contributed by atoms with Crippen LogP contribution in [0.3, 0.4) is 0 Å². The Morgan fingerprint density at radius 3 is 2.78 bits per heavy atom. The molecule has 0 spiro atoms. The van der Waals surface area contributed by atoms with Gasteiger partial charge in [0, 0.05) is 12.3 Å². The second kappa shape index (κ2) is 5.94. The van der Waals surface area contributed by atoms with Crippen LogP contribution in [0.1, 0.15) is 5.69 Å². The van der Waals surface area contributed by atoms with Crippen LogP contribution in [0, 0.1) is 5.82 Å². The summed E-state index contributed by atoms with van der Waals surface area (Å²) < 4.78 is 41.2. The maximum absolute atomic E-state index is 14.1. The number of nitrogens with one attached hydrogen (secondary N) is 2. The first-order chi connectivity index (χ1) is 11.0. The van der Waals surface area contributed by atoms with Gasteiger partial charge in [0.25, 0.3) is 0 Å². The molecule has 2 aromatic heterocycles. The maximum Gasteiger partial charge on any atom is 0.240 e. The van der Waals surface area contributed by atoms with Crippen LogP contribution in [0.5, 0.6) is 0 Å². The molecule has 9 heteroatoms. The first-order valence-corrected chi connectivity index (χ1v) is 8.24. The number of aromatic nitrogens is 3. The van der Waals surface area contributed by atoms with Crippen molar-refractivity contribution < 1.29 is 12.8 Å². The number of benzene rings is 1. The lowest BCUT2D eigenvalue weighted by Crippen LogP contribution is -2.18. The number of hydrogen-bond donors (Lipinski definition) is 2. The van der Waals surface area contributed by atoms with E-state index in [0.29, 0.717) is 12.2 Å². The highest BCUT2D eigenvalue weighted by molar-refractivity contribution is 7.89. The van der Waals surface area contributed by atoms with E-state index >= 15 is 0 Å². The van der Waals surface area contributed by atoms with Crippen molar-refractivity contribution in [2.45, 2.75) is 11.4 Å². The van der Waals surface area contributed by atoms with E-state index in [1.165, 1.54) is 19.2 Å². The molecule has 2 heterocycles. The van der Waals surface area contributed by atoms with Crippen LogP contribution >= 0.6 is 0 Å². The van der Waals surface area contributed by atoms with Crippen LogP contribution < -0.4 is 10.0 Å². The van der Waals surface area contributed by atoms with Crippen molar-refractivity contribution in [1.29, 1.82) is 0 Å². The fourth-order valence-corrected chi connectivity index (χ4v) is 2.87. The SMILES string of the molecule is CNS(=O)(=O)c1ccc(NCc2ccnc3ccnn23)c(F)c1. The lowest BCUT2D eigenvalue weighted by Gasteiger charge is -2.10. The minimum Gasteiger partial charge on any atom is -0.377 e. The zero-order valence-corrected chi connectivity index (χ0v) is 13.0. The molecule has 2 N–H and O–H groups in total. The molecule has 3 aromatic rings. The average Bonchev–Trinajstić information content (AvgIpc) is 3.02. The Balaban J connectivity index is 1.83. The Kier molecular flexibility index (Phi) is 3.97. The molecule has 0 saturated heterocycles. The number of halogens is 1. The molecule has 0 atom stereocenters. The molecule has 0 bridgehead atoms. The summed E-state index contributed by atoms with van der Waals surface area (Å²) in [6.07, 6.45) is 3.27. The second-order valence-corrected chi connectivity index (χ2v) is 6.63. The summed E-state index contributed by atoms with van der Waals surface area (Å²) >= 11 is 0. The van der Waals surface area contributed by atoms with Gasteiger partial charge in [0.15, 0.2) is 5.65 Å². The standard InChI is InChI=1S/C14H14FN5O2S/c1-16-23(21,22)11-2-3-13(12(15)8-11)18-9-10-4-6-17-14-5-7-19-20(10)14/h2-8,16,18H,9H2,1H3. The first-order valence-electron chi connectivity index (χ1n) is 6.76. The molecular formula is C14H14FN5O2S. The van der Waals surface area contributed by atoms with Gasteiger partial charge in [0.2, 0.25) is 10.0 Å². The quantitative estimate of drug-likeness (QED) is 0.735. The predicted octanol–water partition coefficient (Wildman–Crippen LogP) is 1.39. The van der Waals surface area contributed by atoms with Crippen molar-refractivity contribution in [1.82, 2.24) is 19.3 Å². The van der Waals surface area contributed by atoms with Gasteiger partial charge < -0.3 is 5.32 Å². The van der Waals surface area contributed by atoms with E-state index in [9.17, 15) is 12.8 Å². The van der Waals surface area contributed by atoms with Crippen molar-refractivity contribution >= 4 is 21.4 Å². The molecule has 0 saturated carbocycles. The highest BCUT2D eigenvalue weighted by atomic mass is 32.2. The highest BCUT2D eigenvalue weighted by Gasteiger charge is 2.14. The summed E-state index contributed by atoms with van der Waals surface area (Å²) in [5.74, 6) is -0.646. The zero-order chi connectivity index (χ0) is 16.4. The summed E-state index contributed by atoms with van der Waals surface area (Å²) in [4.78, 5) is 4.02. The van der Waals surface area contributed by atoms with Gasteiger partial charge in [0.05, 0.1) is 29.0 Å². The van der Waals surface area contributed by atoms with E-state index in [2.05, 4.69) is 20.1 Å². The van der Waals surface area contributed by atoms with Crippen LogP contribution in [0.25, 0.3) is 5.65 Å². The molecule has 3 rings (SSSR count). The number of sulfonamides is 1. The molecule has 0 radical (unpaired) electrons. The third kappa shape index (κ3) is 3.01. The Hall–Kier alpha value is -2.52. The van der Waals surface area contributed by atoms with Crippen molar-refractivity contribution in [2.75, 3.05) is 12.4 Å². The molecule has 0 fully saturated rings. The van der Waals surface area contributed by atoms with E-state index in [0.717, 1.165) is 11.8 Å². The normalized spacial score (nSPS) is 11.7. The van der Waals surface area contributed by atoms with Gasteiger partial charge in [-0.15, -0.1) is 0 Å². The molecule has 0 aliphatic heterocycles. The number of fused-ring (bicyclic) bond motifs is 1. The van der Waals surface area contributed by atoms with Crippen molar-refractivity contribution in [3.63, 3.8) is 0 Å². The molecule has 0 amide bonds. The van der Waals surface area contributed by atoms with Gasteiger partial charge in [-0.2, -0.15) is 5.10 Å². The third-order valence-corrected chi connectivity index (χ3v) is 4.76. The zero-order valence-electron chi connectivity index (χ0n) is 12.2. The van der Waals surface area contributed by atoms with E-state index in [-0.39, 0.29) is 10.6 Å². The monoisotopic (exact) mass is 335 g/mol. The molecule has 1 aromatic carbocycles. The van der Waals surface area contributed by atoms with Crippen LogP contribution in [0.15, 0.2) is 47.6 Å². The van der Waals surface area contributed by atoms with Gasteiger partial charge in [-0.3, -0.25) is 0 Å². The lowest BCUT2D eigenvalue weighted by atomic mass is 10.3. The van der Waals surface area contributed by atoms with E-state index < -0.39 is 15.8 Å². The molecule has 0 aliphatic carbocycles. The number of rotatable bonds is 5. The average molecular weight is 335 g/mol. The van der Waals surface area contributed by atoms with Gasteiger partial charge in [0.1, 0.15) is 5.82 Å². The van der Waals surface area contributed by atoms with Crippen LogP contribution in [0.4, 0.5) is 10.1 Å². The Labute approximate surface area is 132 Å². The highest BCUT2D eigenvalue weighted by Crippen LogP contribution is 2.19. The maximum atomic E-state index is 14.1. The summed E-state index contributed by atoms with van der Waals surface area (Å²) in [6, 6.07) is 7.24. The van der Waals surface area contributed by atoms with Gasteiger partial charge in [-0.05, 0) is 31.3 Å². The van der Waals surface area contributed by atoms with Crippen molar-refractivity contribution in [3.8, 4) is 0 Å². The largest absolute Gasteiger partial charge is 0.377 e. The summed E-state index contributed by atoms with van der Waals surface area (Å²) in [5.41, 5.74) is 1.70. The fourth-order valence-electron chi connectivity index (χ4n) is 2.13. The van der Waals surface area contributed by atoms with E-state index in [1.54, 1.807) is 29.0 Å². The van der Waals surface area contributed by atoms with Crippen LogP contribution in [-0.2, 0) is 16.6 Å². The summed E-state index contributed by atoms with van der Waals surface area (Å²) in [6.45, 7) is 0.315. The summed E-state index contributed by atoms with van der Waals surface area (Å²) in [7, 11) is -2.39. The Morgan fingerprint density at radius 1 is 1.22 bits per heavy atom. The van der Waals surface area contributed by atoms with Gasteiger partial charge in [-0.25, -0.2) is 27.0 Å². The minimum atomic E-state index is -3.67. The van der Waals surface area contributed by atoms with Crippen molar-refractivity contribution in [3.05, 3.63) is 54.2 Å². The molecule has 7 nitrogen and oxygen atoms in total. The predicted molar refractivity (Wildman–Crippen MR) is 83.0 cm³/mol. The smallest absolute Gasteiger partial charge is 0.240 e. The molecule has 0 aliphatic rings. The Morgan fingerprint density at radius 2 is 2.04 bits per heavy atom. The summed E-state index contributed by atoms with van der Waals surface area (Å²) in [5, 5.41) is 7.07. The second-order valence-electron chi connectivity index (χ2n) is 4.74. The van der Waals surface area contributed by atoms with Crippen LogP contribution in [-0.4, -0.2) is 30.1 Å². The molecule has 0 unspecified atom stereocenters. The van der Waals surface area contributed by atoms with Crippen LogP contribution in [0.2, 0.25) is 0 Å². The molecule has 23 heavy (non-hydrogen) atoms. The molecule has 120 valence electrons. The lowest BCUT2D eigenvalue weighted by molar-refractivity contribution is 0.584. The Bertz CT molecular complexity index is 955. The molecular weight excluding hydrogens is 321 g/mol. The minimum absolute atomic E-state index is 0.124. The van der Waals surface area contributed by atoms with Gasteiger partial charge in [-0.1, -0.05) is 0 Å². The van der Waals surface area contributed by atoms with Gasteiger partial charge >= 0.3 is 0 Å². The number of nitrogens with zero attached hydrogens (tertiary/aromatic N) is 3. The van der Waals surface area contributed by atoms with Crippen molar-refractivity contribution in [2.24, 2.45) is 0 Å². The van der Waals surface area contributed by atoms with E-state index in [1.807, 2.05) is 0 Å². The fraction of sp³-hybridized carbons (Fsp3) is 0.143. The van der Waals surface area contributed by atoms with E-state index in [4.69, 9.17) is 0 Å². The third-order valence-electron chi connectivity index (χ3n) is 3.35. The topological polar surface area (TPSA) is 88.4 Å². The number of hydrogen-bond acceptors (Lipinski definition) is 5.